The number of carbonyl (C=O) groups is 1. The molecule has 0 radical (unpaired) electrons. The van der Waals surface area contributed by atoms with E-state index < -0.39 is 16.6 Å². The molecule has 2 N–H and O–H groups in total. The molecule has 2 aromatic carbocycles. The van der Waals surface area contributed by atoms with Crippen molar-refractivity contribution < 1.29 is 14.1 Å². The Morgan fingerprint density at radius 1 is 1.18 bits per heavy atom. The summed E-state index contributed by atoms with van der Waals surface area (Å²) in [6.07, 6.45) is 0. The Morgan fingerprint density at radius 2 is 1.91 bits per heavy atom. The number of nitrogens with one attached hydrogen (secondary N) is 2. The summed E-state index contributed by atoms with van der Waals surface area (Å²) in [7, 11) is 0. The molecule has 0 saturated carbocycles. The molecule has 0 unspecified atom stereocenters. The summed E-state index contributed by atoms with van der Waals surface area (Å²) >= 11 is 4.93. The van der Waals surface area contributed by atoms with Crippen LogP contribution in [0.1, 0.15) is 10.4 Å². The van der Waals surface area contributed by atoms with Gasteiger partial charge in [-0.3, -0.25) is 20.2 Å². The zero-order valence-electron chi connectivity index (χ0n) is 11.1. The molecule has 0 aromatic heterocycles. The van der Waals surface area contributed by atoms with Gasteiger partial charge in [-0.1, -0.05) is 18.2 Å². The van der Waals surface area contributed by atoms with Crippen molar-refractivity contribution >= 4 is 34.6 Å². The van der Waals surface area contributed by atoms with Crippen molar-refractivity contribution in [3.8, 4) is 0 Å². The van der Waals surface area contributed by atoms with Gasteiger partial charge >= 0.3 is 0 Å². The van der Waals surface area contributed by atoms with E-state index in [4.69, 9.17) is 12.2 Å². The third kappa shape index (κ3) is 3.83. The maximum Gasteiger partial charge on any atom is 0.292 e. The molecule has 0 fully saturated rings. The van der Waals surface area contributed by atoms with Crippen molar-refractivity contribution in [2.24, 2.45) is 0 Å². The lowest BCUT2D eigenvalue weighted by molar-refractivity contribution is -0.383. The Hall–Kier alpha value is -2.87. The third-order valence-corrected chi connectivity index (χ3v) is 2.87. The number of thiocarbonyl (C=S) groups is 1. The first-order chi connectivity index (χ1) is 10.5. The van der Waals surface area contributed by atoms with Crippen LogP contribution >= 0.6 is 12.2 Å². The summed E-state index contributed by atoms with van der Waals surface area (Å²) in [5.41, 5.74) is 0.0635. The van der Waals surface area contributed by atoms with Gasteiger partial charge in [0.05, 0.1) is 4.92 Å². The first kappa shape index (κ1) is 15.5. The minimum absolute atomic E-state index is 0.0895. The van der Waals surface area contributed by atoms with Gasteiger partial charge in [-0.25, -0.2) is 4.39 Å². The Kier molecular flexibility index (Phi) is 4.74. The normalized spacial score (nSPS) is 9.86. The van der Waals surface area contributed by atoms with Crippen LogP contribution in [-0.4, -0.2) is 15.9 Å². The summed E-state index contributed by atoms with van der Waals surface area (Å²) in [6, 6.07) is 10.9. The zero-order chi connectivity index (χ0) is 16.1. The molecule has 112 valence electrons. The number of rotatable bonds is 3. The highest BCUT2D eigenvalue weighted by molar-refractivity contribution is 7.80. The number of nitro benzene ring substituents is 1. The van der Waals surface area contributed by atoms with Crippen LogP contribution < -0.4 is 10.6 Å². The molecule has 0 atom stereocenters. The van der Waals surface area contributed by atoms with Crippen molar-refractivity contribution in [3.05, 3.63) is 70.0 Å². The average molecular weight is 319 g/mol. The summed E-state index contributed by atoms with van der Waals surface area (Å²) in [6.45, 7) is 0. The summed E-state index contributed by atoms with van der Waals surface area (Å²) < 4.78 is 13.1. The Labute approximate surface area is 130 Å². The van der Waals surface area contributed by atoms with E-state index in [0.717, 1.165) is 6.07 Å². The highest BCUT2D eigenvalue weighted by Gasteiger charge is 2.15. The minimum atomic E-state index is -0.615. The Balaban J connectivity index is 2.08. The Morgan fingerprint density at radius 3 is 2.59 bits per heavy atom. The molecule has 0 heterocycles. The van der Waals surface area contributed by atoms with Crippen LogP contribution in [0.2, 0.25) is 0 Å². The second-order valence-corrected chi connectivity index (χ2v) is 4.60. The van der Waals surface area contributed by atoms with Gasteiger partial charge in [-0.05, 0) is 36.5 Å². The molecular formula is C14H10FN3O3S. The fourth-order valence-corrected chi connectivity index (χ4v) is 1.90. The highest BCUT2D eigenvalue weighted by atomic mass is 32.1. The molecule has 22 heavy (non-hydrogen) atoms. The molecule has 2 rings (SSSR count). The largest absolute Gasteiger partial charge is 0.327 e. The van der Waals surface area contributed by atoms with Crippen LogP contribution in [-0.2, 0) is 0 Å². The fourth-order valence-electron chi connectivity index (χ4n) is 1.70. The lowest BCUT2D eigenvalue weighted by atomic mass is 10.2. The monoisotopic (exact) mass is 319 g/mol. The maximum absolute atomic E-state index is 13.1. The van der Waals surface area contributed by atoms with Crippen molar-refractivity contribution in [2.75, 3.05) is 5.32 Å². The van der Waals surface area contributed by atoms with Gasteiger partial charge in [-0.15, -0.1) is 0 Å². The smallest absolute Gasteiger partial charge is 0.292 e. The first-order valence-corrected chi connectivity index (χ1v) is 6.49. The molecule has 0 aliphatic carbocycles. The van der Waals surface area contributed by atoms with E-state index in [9.17, 15) is 19.3 Å². The third-order valence-electron chi connectivity index (χ3n) is 2.66. The van der Waals surface area contributed by atoms with E-state index in [1.54, 1.807) is 6.07 Å². The number of anilines is 1. The maximum atomic E-state index is 13.1. The summed E-state index contributed by atoms with van der Waals surface area (Å²) in [4.78, 5) is 22.2. The number of amides is 1. The SMILES string of the molecule is O=C(NC(=S)Nc1ccccc1[N+](=O)[O-])c1cccc(F)c1. The van der Waals surface area contributed by atoms with Crippen LogP contribution in [0, 0.1) is 15.9 Å². The van der Waals surface area contributed by atoms with Crippen molar-refractivity contribution in [3.63, 3.8) is 0 Å². The second kappa shape index (κ2) is 6.72. The highest BCUT2D eigenvalue weighted by Crippen LogP contribution is 2.22. The van der Waals surface area contributed by atoms with Crippen LogP contribution in [0.25, 0.3) is 0 Å². The van der Waals surface area contributed by atoms with Gasteiger partial charge in [0.2, 0.25) is 0 Å². The molecule has 8 heteroatoms. The standard InChI is InChI=1S/C14H10FN3O3S/c15-10-5-3-4-9(8-10)13(19)17-14(22)16-11-6-1-2-7-12(11)18(20)21/h1-8H,(H2,16,17,19,22). The van der Waals surface area contributed by atoms with E-state index in [1.165, 1.54) is 36.4 Å². The van der Waals surface area contributed by atoms with Crippen molar-refractivity contribution in [1.29, 1.82) is 0 Å². The number of hydrogen-bond acceptors (Lipinski definition) is 4. The molecule has 0 aliphatic rings. The van der Waals surface area contributed by atoms with E-state index in [0.29, 0.717) is 0 Å². The van der Waals surface area contributed by atoms with Crippen LogP contribution in [0.5, 0.6) is 0 Å². The number of carbonyl (C=O) groups excluding carboxylic acids is 1. The van der Waals surface area contributed by atoms with E-state index >= 15 is 0 Å². The molecule has 2 aromatic rings. The number of nitrogens with zero attached hydrogens (tertiary/aromatic N) is 1. The van der Waals surface area contributed by atoms with Gasteiger partial charge in [0.25, 0.3) is 11.6 Å². The van der Waals surface area contributed by atoms with Gasteiger partial charge < -0.3 is 5.32 Å². The lowest BCUT2D eigenvalue weighted by Crippen LogP contribution is -2.34. The minimum Gasteiger partial charge on any atom is -0.327 e. The zero-order valence-corrected chi connectivity index (χ0v) is 11.9. The number of para-hydroxylation sites is 2. The molecule has 6 nitrogen and oxygen atoms in total. The van der Waals surface area contributed by atoms with Gasteiger partial charge in [-0.2, -0.15) is 0 Å². The van der Waals surface area contributed by atoms with Crippen LogP contribution in [0.3, 0.4) is 0 Å². The fraction of sp³-hybridized carbons (Fsp3) is 0. The van der Waals surface area contributed by atoms with Gasteiger partial charge in [0, 0.05) is 11.6 Å². The van der Waals surface area contributed by atoms with Crippen molar-refractivity contribution in [2.45, 2.75) is 0 Å². The number of hydrogen-bond donors (Lipinski definition) is 2. The predicted octanol–water partition coefficient (Wildman–Crippen LogP) is 2.86. The van der Waals surface area contributed by atoms with E-state index in [-0.39, 0.29) is 22.1 Å². The average Bonchev–Trinajstić information content (AvgIpc) is 2.47. The summed E-state index contributed by atoms with van der Waals surface area (Å²) in [5, 5.41) is 15.7. The van der Waals surface area contributed by atoms with Gasteiger partial charge in [0.1, 0.15) is 11.5 Å². The Bertz CT molecular complexity index is 752. The molecule has 0 saturated heterocycles. The molecule has 1 amide bonds. The molecule has 0 aliphatic heterocycles. The quantitative estimate of drug-likeness (QED) is 0.516. The first-order valence-electron chi connectivity index (χ1n) is 6.08. The van der Waals surface area contributed by atoms with Gasteiger partial charge in [0.15, 0.2) is 5.11 Å². The molecule has 0 bridgehead atoms. The lowest BCUT2D eigenvalue weighted by Gasteiger charge is -2.09. The van der Waals surface area contributed by atoms with Crippen LogP contribution in [0.15, 0.2) is 48.5 Å². The molecular weight excluding hydrogens is 309 g/mol. The molecule has 0 spiro atoms. The predicted molar refractivity (Wildman–Crippen MR) is 83.2 cm³/mol. The van der Waals surface area contributed by atoms with E-state index in [2.05, 4.69) is 10.6 Å². The van der Waals surface area contributed by atoms with Crippen LogP contribution in [0.4, 0.5) is 15.8 Å². The topological polar surface area (TPSA) is 84.3 Å². The number of nitro groups is 1. The second-order valence-electron chi connectivity index (χ2n) is 4.19. The van der Waals surface area contributed by atoms with E-state index in [1.807, 2.05) is 0 Å². The number of benzene rings is 2. The summed E-state index contributed by atoms with van der Waals surface area (Å²) in [5.74, 6) is -1.17. The van der Waals surface area contributed by atoms with Crippen molar-refractivity contribution in [1.82, 2.24) is 5.32 Å². The number of halogens is 1.